The van der Waals surface area contributed by atoms with E-state index in [-0.39, 0.29) is 34.5 Å². The Balaban J connectivity index is 1.61. The molecule has 0 bridgehead atoms. The number of sulfonamides is 1. The van der Waals surface area contributed by atoms with E-state index in [1.165, 1.54) is 28.6 Å². The first-order chi connectivity index (χ1) is 16.8. The first kappa shape index (κ1) is 24.1. The van der Waals surface area contributed by atoms with E-state index in [1.807, 2.05) is 6.07 Å². The molecule has 1 heterocycles. The Morgan fingerprint density at radius 3 is 2.57 bits per heavy atom. The van der Waals surface area contributed by atoms with Gasteiger partial charge >= 0.3 is 0 Å². The van der Waals surface area contributed by atoms with E-state index in [0.29, 0.717) is 22.7 Å². The number of carbonyl (C=O) groups is 1. The molecule has 1 N–H and O–H groups in total. The molecule has 0 fully saturated rings. The Morgan fingerprint density at radius 2 is 1.86 bits per heavy atom. The highest BCUT2D eigenvalue weighted by Gasteiger charge is 2.25. The largest absolute Gasteiger partial charge is 0.454 e. The fourth-order valence-electron chi connectivity index (χ4n) is 3.48. The van der Waals surface area contributed by atoms with Gasteiger partial charge in [0.2, 0.25) is 6.79 Å². The highest BCUT2D eigenvalue weighted by molar-refractivity contribution is 7.92. The number of amides is 1. The molecular formula is C25H20ClN3O5S. The second kappa shape index (κ2) is 10.1. The third-order valence-electron chi connectivity index (χ3n) is 5.18. The van der Waals surface area contributed by atoms with E-state index in [4.69, 9.17) is 21.1 Å². The van der Waals surface area contributed by atoms with Crippen LogP contribution in [0.3, 0.4) is 0 Å². The summed E-state index contributed by atoms with van der Waals surface area (Å²) in [5.41, 5.74) is 0.931. The van der Waals surface area contributed by atoms with Crippen LogP contribution < -0.4 is 19.1 Å². The number of nitriles is 1. The van der Waals surface area contributed by atoms with Crippen molar-refractivity contribution in [2.24, 2.45) is 0 Å². The van der Waals surface area contributed by atoms with E-state index in [2.05, 4.69) is 5.32 Å². The number of hydrogen-bond donors (Lipinski definition) is 1. The van der Waals surface area contributed by atoms with Crippen molar-refractivity contribution < 1.29 is 22.7 Å². The minimum Gasteiger partial charge on any atom is -0.454 e. The summed E-state index contributed by atoms with van der Waals surface area (Å²) < 4.78 is 38.5. The van der Waals surface area contributed by atoms with Crippen molar-refractivity contribution in [1.82, 2.24) is 0 Å². The predicted octanol–water partition coefficient (Wildman–Crippen LogP) is 4.83. The molecule has 10 heteroatoms. The molecule has 0 unspecified atom stereocenters. The topological polar surface area (TPSA) is 109 Å². The molecule has 8 nitrogen and oxygen atoms in total. The lowest BCUT2D eigenvalue weighted by Crippen LogP contribution is -2.30. The van der Waals surface area contributed by atoms with E-state index < -0.39 is 15.9 Å². The summed E-state index contributed by atoms with van der Waals surface area (Å²) in [6.07, 6.45) is 1.39. The summed E-state index contributed by atoms with van der Waals surface area (Å²) in [5.74, 6) is 0.347. The zero-order valence-corrected chi connectivity index (χ0v) is 20.1. The molecule has 1 amide bonds. The van der Waals surface area contributed by atoms with Crippen LogP contribution in [0.5, 0.6) is 11.5 Å². The van der Waals surface area contributed by atoms with E-state index in [0.717, 1.165) is 0 Å². The number of halogens is 1. The lowest BCUT2D eigenvalue weighted by molar-refractivity contribution is -0.112. The van der Waals surface area contributed by atoms with Crippen LogP contribution in [0, 0.1) is 11.3 Å². The Bertz CT molecular complexity index is 1450. The van der Waals surface area contributed by atoms with Gasteiger partial charge in [0.1, 0.15) is 11.6 Å². The number of benzene rings is 3. The Kier molecular flexibility index (Phi) is 6.96. The Labute approximate surface area is 208 Å². The number of nitrogens with zero attached hydrogens (tertiary/aromatic N) is 2. The first-order valence-electron chi connectivity index (χ1n) is 10.5. The number of ether oxygens (including phenoxy) is 2. The van der Waals surface area contributed by atoms with Crippen molar-refractivity contribution >= 4 is 45.0 Å². The third kappa shape index (κ3) is 5.09. The minimum absolute atomic E-state index is 0.0545. The number of hydrogen-bond acceptors (Lipinski definition) is 6. The van der Waals surface area contributed by atoms with Crippen molar-refractivity contribution in [3.63, 3.8) is 0 Å². The standard InChI is InChI=1S/C25H20ClN3O5S/c1-2-29(19-6-4-3-5-7-19)35(31,32)20-9-10-21(26)22(14-20)28-25(30)18(15-27)12-17-8-11-23-24(13-17)34-16-33-23/h3-14H,2,16H2,1H3,(H,28,30)/b18-12-. The smallest absolute Gasteiger partial charge is 0.266 e. The number of nitrogens with one attached hydrogen (secondary N) is 1. The van der Waals surface area contributed by atoms with Crippen LogP contribution in [0.15, 0.2) is 77.2 Å². The molecule has 0 atom stereocenters. The molecule has 3 aromatic rings. The molecule has 1 aliphatic heterocycles. The van der Waals surface area contributed by atoms with Gasteiger partial charge in [-0.3, -0.25) is 9.10 Å². The first-order valence-corrected chi connectivity index (χ1v) is 12.4. The number of rotatable bonds is 7. The maximum absolute atomic E-state index is 13.3. The van der Waals surface area contributed by atoms with Crippen molar-refractivity contribution in [1.29, 1.82) is 5.26 Å². The summed E-state index contributed by atoms with van der Waals surface area (Å²) in [5, 5.41) is 12.2. The second-order valence-electron chi connectivity index (χ2n) is 7.38. The molecule has 35 heavy (non-hydrogen) atoms. The van der Waals surface area contributed by atoms with E-state index in [1.54, 1.807) is 55.5 Å². The van der Waals surface area contributed by atoms with Crippen LogP contribution in [0.2, 0.25) is 5.02 Å². The fourth-order valence-corrected chi connectivity index (χ4v) is 5.15. The zero-order chi connectivity index (χ0) is 25.0. The number of para-hydroxylation sites is 1. The molecular weight excluding hydrogens is 490 g/mol. The summed E-state index contributed by atoms with van der Waals surface area (Å²) in [6.45, 7) is 2.03. The van der Waals surface area contributed by atoms with Gasteiger partial charge in [-0.25, -0.2) is 8.42 Å². The quantitative estimate of drug-likeness (QED) is 0.361. The van der Waals surface area contributed by atoms with Gasteiger partial charge in [0.15, 0.2) is 11.5 Å². The molecule has 178 valence electrons. The molecule has 0 saturated carbocycles. The van der Waals surface area contributed by atoms with Crippen LogP contribution in [0.25, 0.3) is 6.08 Å². The molecule has 3 aromatic carbocycles. The van der Waals surface area contributed by atoms with Crippen LogP contribution in [0.1, 0.15) is 12.5 Å². The van der Waals surface area contributed by atoms with Gasteiger partial charge < -0.3 is 14.8 Å². The number of anilines is 2. The molecule has 0 aliphatic carbocycles. The monoisotopic (exact) mass is 509 g/mol. The molecule has 1 aliphatic rings. The maximum Gasteiger partial charge on any atom is 0.266 e. The summed E-state index contributed by atoms with van der Waals surface area (Å²) in [4.78, 5) is 12.8. The zero-order valence-electron chi connectivity index (χ0n) is 18.6. The molecule has 0 aromatic heterocycles. The highest BCUT2D eigenvalue weighted by atomic mass is 35.5. The summed E-state index contributed by atoms with van der Waals surface area (Å²) >= 11 is 6.24. The highest BCUT2D eigenvalue weighted by Crippen LogP contribution is 2.33. The lowest BCUT2D eigenvalue weighted by atomic mass is 10.1. The third-order valence-corrected chi connectivity index (χ3v) is 7.41. The summed E-state index contributed by atoms with van der Waals surface area (Å²) in [7, 11) is -3.94. The average Bonchev–Trinajstić information content (AvgIpc) is 3.32. The van der Waals surface area contributed by atoms with Gasteiger partial charge in [-0.1, -0.05) is 35.9 Å². The second-order valence-corrected chi connectivity index (χ2v) is 9.65. The molecule has 0 radical (unpaired) electrons. The molecule has 4 rings (SSSR count). The number of fused-ring (bicyclic) bond motifs is 1. The van der Waals surface area contributed by atoms with Crippen LogP contribution >= 0.6 is 11.6 Å². The van der Waals surface area contributed by atoms with Crippen molar-refractivity contribution in [3.05, 3.63) is 82.9 Å². The van der Waals surface area contributed by atoms with Crippen LogP contribution in [0.4, 0.5) is 11.4 Å². The molecule has 0 spiro atoms. The Morgan fingerprint density at radius 1 is 1.11 bits per heavy atom. The van der Waals surface area contributed by atoms with Gasteiger partial charge in [0.25, 0.3) is 15.9 Å². The van der Waals surface area contributed by atoms with E-state index >= 15 is 0 Å². The van der Waals surface area contributed by atoms with Gasteiger partial charge in [0, 0.05) is 6.54 Å². The van der Waals surface area contributed by atoms with Gasteiger partial charge in [0.05, 0.1) is 21.3 Å². The Hall–Kier alpha value is -4.00. The van der Waals surface area contributed by atoms with Crippen molar-refractivity contribution in [2.75, 3.05) is 23.0 Å². The predicted molar refractivity (Wildman–Crippen MR) is 133 cm³/mol. The van der Waals surface area contributed by atoms with Crippen molar-refractivity contribution in [3.8, 4) is 17.6 Å². The lowest BCUT2D eigenvalue weighted by Gasteiger charge is -2.23. The fraction of sp³-hybridized carbons (Fsp3) is 0.120. The van der Waals surface area contributed by atoms with E-state index in [9.17, 15) is 18.5 Å². The SMILES string of the molecule is CCN(c1ccccc1)S(=O)(=O)c1ccc(Cl)c(NC(=O)/C(C#N)=C\c2ccc3c(c2)OCO3)c1. The van der Waals surface area contributed by atoms with Gasteiger partial charge in [-0.2, -0.15) is 5.26 Å². The molecule has 0 saturated heterocycles. The minimum atomic E-state index is -3.94. The van der Waals surface area contributed by atoms with Gasteiger partial charge in [-0.05, 0) is 61.0 Å². The normalized spacial score (nSPS) is 12.7. The van der Waals surface area contributed by atoms with Crippen LogP contribution in [-0.2, 0) is 14.8 Å². The van der Waals surface area contributed by atoms with Gasteiger partial charge in [-0.15, -0.1) is 0 Å². The maximum atomic E-state index is 13.3. The summed E-state index contributed by atoms with van der Waals surface area (Å²) in [6, 6.07) is 19.6. The number of carbonyl (C=O) groups excluding carboxylic acids is 1. The average molecular weight is 510 g/mol. The van der Waals surface area contributed by atoms with Crippen LogP contribution in [-0.4, -0.2) is 27.7 Å². The van der Waals surface area contributed by atoms with Crippen molar-refractivity contribution in [2.45, 2.75) is 11.8 Å².